The molecule has 5 N–H and O–H groups in total. The molecule has 12 nitrogen and oxygen atoms in total. The largest absolute Gasteiger partial charge is 0.472 e. The molecule has 0 spiro atoms. The van der Waals surface area contributed by atoms with Crippen molar-refractivity contribution in [3.63, 3.8) is 0 Å². The number of aromatic nitrogens is 5. The number of nitrogens with zero attached hydrogens (tertiary/aromatic N) is 4. The second-order valence-electron chi connectivity index (χ2n) is 14.7. The van der Waals surface area contributed by atoms with Crippen molar-refractivity contribution in [3.8, 4) is 39.5 Å². The number of hydrogen-bond acceptors (Lipinski definition) is 8. The fourth-order valence-corrected chi connectivity index (χ4v) is 8.16. The number of carbonyl (C=O) groups is 1. The number of ether oxygens (including phenoxy) is 2. The molecule has 3 aromatic heterocycles. The number of benzene rings is 2. The maximum Gasteiger partial charge on any atom is 0.407 e. The van der Waals surface area contributed by atoms with Gasteiger partial charge in [-0.15, -0.1) is 0 Å². The minimum atomic E-state index is -3.05. The third kappa shape index (κ3) is 5.65. The van der Waals surface area contributed by atoms with E-state index in [1.807, 2.05) is 24.4 Å². The summed E-state index contributed by atoms with van der Waals surface area (Å²) in [5.41, 5.74) is 6.52. The van der Waals surface area contributed by atoms with Gasteiger partial charge in [0.15, 0.2) is 6.73 Å². The van der Waals surface area contributed by atoms with Gasteiger partial charge in [-0.1, -0.05) is 26.0 Å². The highest BCUT2D eigenvalue weighted by atomic mass is 19.3. The van der Waals surface area contributed by atoms with E-state index in [-0.39, 0.29) is 5.92 Å². The number of aliphatic hydroxyl groups is 1. The molecule has 0 radical (unpaired) electrons. The maximum absolute atomic E-state index is 14.9. The summed E-state index contributed by atoms with van der Waals surface area (Å²) in [5.74, 6) is -0.407. The second-order valence-corrected chi connectivity index (χ2v) is 14.7. The highest BCUT2D eigenvalue weighted by Gasteiger charge is 2.51. The summed E-state index contributed by atoms with van der Waals surface area (Å²) < 4.78 is 42.8. The Morgan fingerprint density at radius 2 is 1.80 bits per heavy atom. The van der Waals surface area contributed by atoms with E-state index < -0.39 is 43.3 Å². The number of H-pyrrole nitrogens is 2. The highest BCUT2D eigenvalue weighted by Crippen LogP contribution is 2.46. The smallest absolute Gasteiger partial charge is 0.407 e. The summed E-state index contributed by atoms with van der Waals surface area (Å²) in [5, 5.41) is 18.5. The van der Waals surface area contributed by atoms with Gasteiger partial charge in [0.05, 0.1) is 66.8 Å². The molecule has 1 aliphatic carbocycles. The van der Waals surface area contributed by atoms with Crippen LogP contribution >= 0.6 is 0 Å². The van der Waals surface area contributed by atoms with Gasteiger partial charge < -0.3 is 39.7 Å². The fourth-order valence-electron chi connectivity index (χ4n) is 8.16. The van der Waals surface area contributed by atoms with Gasteiger partial charge >= 0.3 is 6.09 Å². The molecule has 0 bridgehead atoms. The summed E-state index contributed by atoms with van der Waals surface area (Å²) in [6.45, 7) is 3.28. The van der Waals surface area contributed by atoms with E-state index in [0.29, 0.717) is 30.3 Å². The van der Waals surface area contributed by atoms with Crippen LogP contribution < -0.4 is 15.4 Å². The molecule has 3 fully saturated rings. The predicted molar refractivity (Wildman–Crippen MR) is 185 cm³/mol. The number of piperidine rings is 1. The minimum Gasteiger partial charge on any atom is -0.472 e. The number of likely N-dealkylation sites (tertiary alicyclic amines) is 1. The van der Waals surface area contributed by atoms with Crippen molar-refractivity contribution in [1.82, 2.24) is 40.0 Å². The molecule has 266 valence electrons. The van der Waals surface area contributed by atoms with Crippen LogP contribution in [0.1, 0.15) is 56.8 Å². The number of halogens is 2. The molecule has 5 aromatic rings. The third-order valence-corrected chi connectivity index (χ3v) is 11.0. The number of nitrogens with one attached hydrogen (secondary N) is 4. The molecule has 6 atom stereocenters. The summed E-state index contributed by atoms with van der Waals surface area (Å²) in [6.07, 6.45) is 3.29. The Labute approximate surface area is 292 Å². The van der Waals surface area contributed by atoms with E-state index in [0.717, 1.165) is 62.9 Å². The first kappa shape index (κ1) is 32.1. The van der Waals surface area contributed by atoms with Gasteiger partial charge in [0.2, 0.25) is 0 Å². The van der Waals surface area contributed by atoms with E-state index in [4.69, 9.17) is 9.47 Å². The lowest BCUT2D eigenvalue weighted by molar-refractivity contribution is -0.0616. The van der Waals surface area contributed by atoms with Gasteiger partial charge in [-0.3, -0.25) is 4.90 Å². The average molecular weight is 699 g/mol. The molecule has 6 heterocycles. The number of aliphatic hydroxyl groups excluding tert-OH is 1. The number of carbonyl (C=O) groups excluding carboxylic acids is 1. The van der Waals surface area contributed by atoms with Crippen LogP contribution in [0.2, 0.25) is 0 Å². The number of hydrogen-bond donors (Lipinski definition) is 5. The Morgan fingerprint density at radius 1 is 1.06 bits per heavy atom. The molecule has 4 aliphatic rings. The molecule has 2 saturated heterocycles. The van der Waals surface area contributed by atoms with E-state index >= 15 is 0 Å². The van der Waals surface area contributed by atoms with Crippen LogP contribution in [0, 0.1) is 11.8 Å². The lowest BCUT2D eigenvalue weighted by Gasteiger charge is -2.35. The standard InChI is InChI=1S/C37H40F2N8O4/c1-18(2)32(45-36(49)50-3)35(48)46-16-37(38,39)13-30(46)34-41-15-26(44-34)19-5-7-28-22(8-19)11-29-23-6-4-20(12-31(23)51-17-47(28)29)27-14-40-33(43-27)25-10-21-9-24(21)42-25/h4-8,11-12,14-15,18,21,24-25,30,32,35,42,48H,9-10,13,16-17H2,1-3H3,(H,40,43)(H,41,44)(H,45,49). The summed E-state index contributed by atoms with van der Waals surface area (Å²) in [7, 11) is 1.22. The second kappa shape index (κ2) is 11.9. The number of amides is 1. The number of imidazole rings is 2. The fraction of sp³-hybridized carbons (Fsp3) is 0.432. The van der Waals surface area contributed by atoms with Crippen LogP contribution in [-0.2, 0) is 11.5 Å². The molecular weight excluding hydrogens is 658 g/mol. The lowest BCUT2D eigenvalue weighted by atomic mass is 10.0. The van der Waals surface area contributed by atoms with Crippen molar-refractivity contribution in [1.29, 1.82) is 0 Å². The number of alkyl carbamates (subject to hydrolysis) is 1. The molecule has 9 rings (SSSR count). The van der Waals surface area contributed by atoms with E-state index in [2.05, 4.69) is 59.4 Å². The van der Waals surface area contributed by atoms with Gasteiger partial charge in [0, 0.05) is 34.5 Å². The zero-order chi connectivity index (χ0) is 35.2. The summed E-state index contributed by atoms with van der Waals surface area (Å²) in [4.78, 5) is 29.2. The zero-order valence-electron chi connectivity index (χ0n) is 28.5. The monoisotopic (exact) mass is 698 g/mol. The summed E-state index contributed by atoms with van der Waals surface area (Å²) >= 11 is 0. The number of fused-ring (bicyclic) bond motifs is 6. The SMILES string of the molecule is COC(=O)NC(C(C)C)C(O)N1CC(F)(F)CC1c1ncc(-c2ccc3c(c2)cc2n3COc3cc(-c4cnc(C5CC6CC6N5)[nH]4)ccc3-2)[nH]1. The molecule has 1 amide bonds. The lowest BCUT2D eigenvalue weighted by Crippen LogP contribution is -2.54. The van der Waals surface area contributed by atoms with Crippen molar-refractivity contribution in [2.75, 3.05) is 13.7 Å². The van der Waals surface area contributed by atoms with E-state index in [9.17, 15) is 18.7 Å². The van der Waals surface area contributed by atoms with Crippen molar-refractivity contribution in [2.45, 2.75) is 76.2 Å². The predicted octanol–water partition coefficient (Wildman–Crippen LogP) is 5.94. The van der Waals surface area contributed by atoms with E-state index in [1.54, 1.807) is 20.0 Å². The number of aromatic amines is 2. The highest BCUT2D eigenvalue weighted by molar-refractivity contribution is 5.92. The maximum atomic E-state index is 14.9. The zero-order valence-corrected chi connectivity index (χ0v) is 28.5. The Balaban J connectivity index is 0.964. The normalized spacial score (nSPS) is 24.5. The first-order valence-electron chi connectivity index (χ1n) is 17.5. The van der Waals surface area contributed by atoms with Gasteiger partial charge in [0.25, 0.3) is 5.92 Å². The molecule has 2 aromatic carbocycles. The topological polar surface area (TPSA) is 145 Å². The number of alkyl halides is 2. The first-order valence-corrected chi connectivity index (χ1v) is 17.5. The van der Waals surface area contributed by atoms with Crippen LogP contribution in [0.25, 0.3) is 44.7 Å². The van der Waals surface area contributed by atoms with Gasteiger partial charge in [0.1, 0.15) is 23.6 Å². The Bertz CT molecular complexity index is 2130. The quantitative estimate of drug-likeness (QED) is 0.134. The average Bonchev–Trinajstić information content (AvgIpc) is 3.74. The molecular formula is C37H40F2N8O4. The van der Waals surface area contributed by atoms with Crippen LogP contribution in [0.3, 0.4) is 0 Å². The first-order chi connectivity index (χ1) is 24.5. The van der Waals surface area contributed by atoms with E-state index in [1.165, 1.54) is 18.4 Å². The minimum absolute atomic E-state index is 0.255. The summed E-state index contributed by atoms with van der Waals surface area (Å²) in [6, 6.07) is 13.6. The molecule has 6 unspecified atom stereocenters. The third-order valence-electron chi connectivity index (χ3n) is 11.0. The number of rotatable bonds is 8. The molecule has 51 heavy (non-hydrogen) atoms. The van der Waals surface area contributed by atoms with Crippen molar-refractivity contribution >= 4 is 17.0 Å². The van der Waals surface area contributed by atoms with Crippen LogP contribution in [0.4, 0.5) is 13.6 Å². The molecule has 1 saturated carbocycles. The van der Waals surface area contributed by atoms with Gasteiger partial charge in [-0.2, -0.15) is 0 Å². The van der Waals surface area contributed by atoms with Gasteiger partial charge in [-0.25, -0.2) is 23.5 Å². The van der Waals surface area contributed by atoms with Crippen molar-refractivity contribution in [3.05, 3.63) is 66.5 Å². The van der Waals surface area contributed by atoms with Gasteiger partial charge in [-0.05, 0) is 55.0 Å². The Hall–Kier alpha value is -4.79. The van der Waals surface area contributed by atoms with Crippen LogP contribution in [-0.4, -0.2) is 78.5 Å². The van der Waals surface area contributed by atoms with Crippen LogP contribution in [0.5, 0.6) is 5.75 Å². The van der Waals surface area contributed by atoms with Crippen molar-refractivity contribution in [2.24, 2.45) is 11.8 Å². The van der Waals surface area contributed by atoms with Crippen LogP contribution in [0.15, 0.2) is 54.9 Å². The van der Waals surface area contributed by atoms with Crippen molar-refractivity contribution < 1.29 is 28.2 Å². The Kier molecular flexibility index (Phi) is 7.49. The molecule has 14 heteroatoms. The number of methoxy groups -OCH3 is 1. The Morgan fingerprint density at radius 3 is 2.55 bits per heavy atom. The molecule has 3 aliphatic heterocycles.